The molecule has 0 atom stereocenters. The van der Waals surface area contributed by atoms with Crippen molar-refractivity contribution in [2.24, 2.45) is 4.99 Å². The van der Waals surface area contributed by atoms with E-state index < -0.39 is 0 Å². The molecule has 0 unspecified atom stereocenters. The molecule has 0 aromatic heterocycles. The SMILES string of the molecule is CCCCOc1ccc(/N=C/c2ccc(C#N)cc2)cc1. The molecule has 3 nitrogen and oxygen atoms in total. The summed E-state index contributed by atoms with van der Waals surface area (Å²) in [7, 11) is 0. The minimum Gasteiger partial charge on any atom is -0.494 e. The molecule has 0 aliphatic carbocycles. The summed E-state index contributed by atoms with van der Waals surface area (Å²) >= 11 is 0. The zero-order valence-electron chi connectivity index (χ0n) is 12.1. The summed E-state index contributed by atoms with van der Waals surface area (Å²) in [6.07, 6.45) is 3.99. The van der Waals surface area contributed by atoms with Crippen LogP contribution in [0.5, 0.6) is 5.75 Å². The van der Waals surface area contributed by atoms with Gasteiger partial charge in [0.1, 0.15) is 5.75 Å². The Kier molecular flexibility index (Phi) is 5.54. The van der Waals surface area contributed by atoms with E-state index in [1.807, 2.05) is 36.4 Å². The van der Waals surface area contributed by atoms with Crippen LogP contribution in [0.25, 0.3) is 0 Å². The van der Waals surface area contributed by atoms with Crippen LogP contribution in [0.15, 0.2) is 53.5 Å². The lowest BCUT2D eigenvalue weighted by Crippen LogP contribution is -1.95. The molecule has 106 valence electrons. The fourth-order valence-corrected chi connectivity index (χ4v) is 1.76. The summed E-state index contributed by atoms with van der Waals surface area (Å²) in [6.45, 7) is 2.90. The molecule has 21 heavy (non-hydrogen) atoms. The third-order valence-corrected chi connectivity index (χ3v) is 3.01. The molecule has 0 spiro atoms. The van der Waals surface area contributed by atoms with Gasteiger partial charge in [0.2, 0.25) is 0 Å². The van der Waals surface area contributed by atoms with Crippen LogP contribution < -0.4 is 4.74 Å². The first-order chi connectivity index (χ1) is 10.3. The van der Waals surface area contributed by atoms with Gasteiger partial charge in [0.05, 0.1) is 23.9 Å². The van der Waals surface area contributed by atoms with Crippen molar-refractivity contribution in [2.45, 2.75) is 19.8 Å². The lowest BCUT2D eigenvalue weighted by atomic mass is 10.2. The van der Waals surface area contributed by atoms with Crippen LogP contribution in [0, 0.1) is 11.3 Å². The molecular weight excluding hydrogens is 260 g/mol. The predicted molar refractivity (Wildman–Crippen MR) is 85.3 cm³/mol. The van der Waals surface area contributed by atoms with Crippen LogP contribution in [-0.2, 0) is 0 Å². The third kappa shape index (κ3) is 4.77. The van der Waals surface area contributed by atoms with Crippen molar-refractivity contribution in [2.75, 3.05) is 6.61 Å². The summed E-state index contributed by atoms with van der Waals surface area (Å²) in [4.78, 5) is 4.41. The van der Waals surface area contributed by atoms with E-state index in [1.54, 1.807) is 18.3 Å². The molecule has 0 N–H and O–H groups in total. The smallest absolute Gasteiger partial charge is 0.119 e. The fourth-order valence-electron chi connectivity index (χ4n) is 1.76. The average molecular weight is 278 g/mol. The van der Waals surface area contributed by atoms with Gasteiger partial charge in [-0.1, -0.05) is 25.5 Å². The summed E-state index contributed by atoms with van der Waals surface area (Å²) < 4.78 is 5.61. The van der Waals surface area contributed by atoms with Gasteiger partial charge in [-0.15, -0.1) is 0 Å². The van der Waals surface area contributed by atoms with Crippen molar-refractivity contribution in [1.82, 2.24) is 0 Å². The Morgan fingerprint density at radius 1 is 1.10 bits per heavy atom. The predicted octanol–water partition coefficient (Wildman–Crippen LogP) is 4.49. The highest BCUT2D eigenvalue weighted by molar-refractivity contribution is 5.82. The molecule has 0 saturated heterocycles. The number of hydrogen-bond acceptors (Lipinski definition) is 3. The molecule has 2 rings (SSSR count). The second kappa shape index (κ2) is 7.86. The van der Waals surface area contributed by atoms with E-state index in [0.29, 0.717) is 5.56 Å². The van der Waals surface area contributed by atoms with Gasteiger partial charge in [0.25, 0.3) is 0 Å². The Hall–Kier alpha value is -2.60. The molecule has 2 aromatic rings. The average Bonchev–Trinajstić information content (AvgIpc) is 2.55. The highest BCUT2D eigenvalue weighted by atomic mass is 16.5. The van der Waals surface area contributed by atoms with Gasteiger partial charge in [0.15, 0.2) is 0 Å². The minimum atomic E-state index is 0.653. The number of nitriles is 1. The van der Waals surface area contributed by atoms with Gasteiger partial charge in [-0.2, -0.15) is 5.26 Å². The topological polar surface area (TPSA) is 45.4 Å². The second-order valence-corrected chi connectivity index (χ2v) is 4.69. The first kappa shape index (κ1) is 14.8. The normalized spacial score (nSPS) is 10.5. The van der Waals surface area contributed by atoms with Gasteiger partial charge in [-0.05, 0) is 48.4 Å². The summed E-state index contributed by atoms with van der Waals surface area (Å²) in [6, 6.07) is 17.1. The molecule has 0 aliphatic rings. The molecule has 0 heterocycles. The van der Waals surface area contributed by atoms with E-state index in [-0.39, 0.29) is 0 Å². The van der Waals surface area contributed by atoms with Crippen LogP contribution in [-0.4, -0.2) is 12.8 Å². The Bertz CT molecular complexity index is 622. The van der Waals surface area contributed by atoms with Crippen molar-refractivity contribution in [3.63, 3.8) is 0 Å². The fraction of sp³-hybridized carbons (Fsp3) is 0.222. The quantitative estimate of drug-likeness (QED) is 0.577. The van der Waals surface area contributed by atoms with Gasteiger partial charge in [0, 0.05) is 6.21 Å². The maximum atomic E-state index is 8.74. The number of unbranched alkanes of at least 4 members (excludes halogenated alkanes) is 1. The summed E-state index contributed by atoms with van der Waals surface area (Å²) in [5.74, 6) is 0.876. The van der Waals surface area contributed by atoms with Gasteiger partial charge in [-0.25, -0.2) is 0 Å². The first-order valence-corrected chi connectivity index (χ1v) is 7.09. The van der Waals surface area contributed by atoms with E-state index >= 15 is 0 Å². The second-order valence-electron chi connectivity index (χ2n) is 4.69. The number of nitrogens with zero attached hydrogens (tertiary/aromatic N) is 2. The Morgan fingerprint density at radius 3 is 2.43 bits per heavy atom. The van der Waals surface area contributed by atoms with Crippen LogP contribution in [0.2, 0.25) is 0 Å². The Balaban J connectivity index is 1.95. The molecule has 0 bridgehead atoms. The number of hydrogen-bond donors (Lipinski definition) is 0. The monoisotopic (exact) mass is 278 g/mol. The Morgan fingerprint density at radius 2 is 1.81 bits per heavy atom. The van der Waals surface area contributed by atoms with Gasteiger partial charge >= 0.3 is 0 Å². The van der Waals surface area contributed by atoms with Crippen molar-refractivity contribution in [1.29, 1.82) is 5.26 Å². The molecule has 2 aromatic carbocycles. The van der Waals surface area contributed by atoms with E-state index in [1.165, 1.54) is 0 Å². The van der Waals surface area contributed by atoms with Crippen LogP contribution >= 0.6 is 0 Å². The van der Waals surface area contributed by atoms with Crippen LogP contribution in [0.1, 0.15) is 30.9 Å². The van der Waals surface area contributed by atoms with Crippen molar-refractivity contribution in [3.05, 3.63) is 59.7 Å². The van der Waals surface area contributed by atoms with Crippen LogP contribution in [0.4, 0.5) is 5.69 Å². The molecular formula is C18H18N2O. The molecule has 0 amide bonds. The number of rotatable bonds is 6. The highest BCUT2D eigenvalue weighted by Gasteiger charge is 1.94. The van der Waals surface area contributed by atoms with Gasteiger partial charge < -0.3 is 4.74 Å². The standard InChI is InChI=1S/C18H18N2O/c1-2-3-12-21-18-10-8-17(9-11-18)20-14-16-6-4-15(13-19)5-7-16/h4-11,14H,2-3,12H2,1H3/b20-14+. The maximum absolute atomic E-state index is 8.74. The van der Waals surface area contributed by atoms with E-state index in [4.69, 9.17) is 10.00 Å². The molecule has 0 saturated carbocycles. The number of benzene rings is 2. The lowest BCUT2D eigenvalue weighted by molar-refractivity contribution is 0.309. The largest absolute Gasteiger partial charge is 0.494 e. The van der Waals surface area contributed by atoms with E-state index in [0.717, 1.165) is 36.4 Å². The summed E-state index contributed by atoms with van der Waals surface area (Å²) in [5, 5.41) is 8.74. The zero-order chi connectivity index (χ0) is 14.9. The first-order valence-electron chi connectivity index (χ1n) is 7.09. The Labute approximate surface area is 125 Å². The molecule has 3 heteroatoms. The van der Waals surface area contributed by atoms with Crippen molar-refractivity contribution >= 4 is 11.9 Å². The molecule has 0 radical (unpaired) electrons. The van der Waals surface area contributed by atoms with Crippen LogP contribution in [0.3, 0.4) is 0 Å². The van der Waals surface area contributed by atoms with Crippen molar-refractivity contribution < 1.29 is 4.74 Å². The van der Waals surface area contributed by atoms with E-state index in [9.17, 15) is 0 Å². The summed E-state index contributed by atoms with van der Waals surface area (Å²) in [5.41, 5.74) is 2.50. The highest BCUT2D eigenvalue weighted by Crippen LogP contribution is 2.18. The number of ether oxygens (including phenoxy) is 1. The maximum Gasteiger partial charge on any atom is 0.119 e. The molecule has 0 aliphatic heterocycles. The third-order valence-electron chi connectivity index (χ3n) is 3.01. The molecule has 0 fully saturated rings. The zero-order valence-corrected chi connectivity index (χ0v) is 12.1. The minimum absolute atomic E-state index is 0.653. The van der Waals surface area contributed by atoms with Crippen molar-refractivity contribution in [3.8, 4) is 11.8 Å². The number of aliphatic imine (C=N–C) groups is 1. The van der Waals surface area contributed by atoms with E-state index in [2.05, 4.69) is 18.0 Å². The van der Waals surface area contributed by atoms with Gasteiger partial charge in [-0.3, -0.25) is 4.99 Å². The lowest BCUT2D eigenvalue weighted by Gasteiger charge is -2.04.